The maximum atomic E-state index is 13.9. The van der Waals surface area contributed by atoms with E-state index in [0.29, 0.717) is 16.0 Å². The van der Waals surface area contributed by atoms with Gasteiger partial charge in [-0.1, -0.05) is 17.7 Å². The number of nitrogens with one attached hydrogen (secondary N) is 1. The summed E-state index contributed by atoms with van der Waals surface area (Å²) < 4.78 is 14.6. The first-order valence-corrected chi connectivity index (χ1v) is 8.13. The second-order valence-corrected chi connectivity index (χ2v) is 6.24. The summed E-state index contributed by atoms with van der Waals surface area (Å²) in [4.78, 5) is 27.5. The molecule has 2 heterocycles. The summed E-state index contributed by atoms with van der Waals surface area (Å²) in [5.41, 5.74) is 1.16. The van der Waals surface area contributed by atoms with Crippen molar-refractivity contribution in [2.75, 3.05) is 0 Å². The largest absolute Gasteiger partial charge is 0.619 e. The first-order chi connectivity index (χ1) is 12.4. The molecule has 0 aliphatic carbocycles. The predicted octanol–water partition coefficient (Wildman–Crippen LogP) is 3.41. The second-order valence-electron chi connectivity index (χ2n) is 5.83. The van der Waals surface area contributed by atoms with Crippen LogP contribution >= 0.6 is 11.6 Å². The van der Waals surface area contributed by atoms with E-state index in [9.17, 15) is 19.2 Å². The van der Waals surface area contributed by atoms with Crippen molar-refractivity contribution < 1.29 is 18.7 Å². The number of ketones is 2. The third-order valence-electron chi connectivity index (χ3n) is 3.97. The van der Waals surface area contributed by atoms with Gasteiger partial charge in [0.05, 0.1) is 16.3 Å². The lowest BCUT2D eigenvalue weighted by molar-refractivity contribution is -0.612. The van der Waals surface area contributed by atoms with Crippen LogP contribution < -0.4 is 4.73 Å². The van der Waals surface area contributed by atoms with Gasteiger partial charge in [-0.3, -0.25) is 9.59 Å². The van der Waals surface area contributed by atoms with E-state index in [1.54, 1.807) is 19.1 Å². The number of pyridine rings is 1. The summed E-state index contributed by atoms with van der Waals surface area (Å²) in [5, 5.41) is 11.6. The normalized spacial score (nSPS) is 10.7. The quantitative estimate of drug-likeness (QED) is 0.423. The molecule has 1 aromatic carbocycles. The molecule has 0 spiro atoms. The van der Waals surface area contributed by atoms with E-state index in [-0.39, 0.29) is 34.0 Å². The third kappa shape index (κ3) is 3.50. The van der Waals surface area contributed by atoms with Crippen LogP contribution in [0.5, 0.6) is 0 Å². The lowest BCUT2D eigenvalue weighted by Crippen LogP contribution is -2.30. The van der Waals surface area contributed by atoms with Crippen molar-refractivity contribution in [1.82, 2.24) is 4.98 Å². The molecule has 0 atom stereocenters. The van der Waals surface area contributed by atoms with Crippen molar-refractivity contribution in [1.29, 1.82) is 0 Å². The number of benzene rings is 1. The van der Waals surface area contributed by atoms with Crippen LogP contribution in [-0.2, 0) is 6.42 Å². The Balaban J connectivity index is 1.82. The zero-order chi connectivity index (χ0) is 18.8. The van der Waals surface area contributed by atoms with Crippen LogP contribution in [0.2, 0.25) is 5.02 Å². The topological polar surface area (TPSA) is 76.9 Å². The minimum atomic E-state index is -0.726. The highest BCUT2D eigenvalue weighted by atomic mass is 35.5. The molecule has 0 fully saturated rings. The third-order valence-corrected chi connectivity index (χ3v) is 4.28. The fourth-order valence-electron chi connectivity index (χ4n) is 2.53. The van der Waals surface area contributed by atoms with Gasteiger partial charge in [0, 0.05) is 36.7 Å². The Hall–Kier alpha value is -2.99. The van der Waals surface area contributed by atoms with Gasteiger partial charge < -0.3 is 10.2 Å². The van der Waals surface area contributed by atoms with Crippen molar-refractivity contribution in [3.8, 4) is 0 Å². The van der Waals surface area contributed by atoms with Gasteiger partial charge >= 0.3 is 0 Å². The van der Waals surface area contributed by atoms with Gasteiger partial charge in [0.15, 0.2) is 23.5 Å². The molecule has 1 N–H and O–H groups in total. The number of hydrogen-bond donors (Lipinski definition) is 1. The molecule has 0 saturated heterocycles. The number of rotatable bonds is 5. The van der Waals surface area contributed by atoms with Gasteiger partial charge in [0.2, 0.25) is 0 Å². The van der Waals surface area contributed by atoms with Gasteiger partial charge in [-0.2, -0.15) is 4.73 Å². The van der Waals surface area contributed by atoms with E-state index in [0.717, 1.165) is 6.07 Å². The van der Waals surface area contributed by atoms with E-state index in [2.05, 4.69) is 4.98 Å². The Morgan fingerprint density at radius 2 is 2.04 bits per heavy atom. The highest BCUT2D eigenvalue weighted by molar-refractivity contribution is 6.35. The van der Waals surface area contributed by atoms with Crippen LogP contribution in [0.4, 0.5) is 4.39 Å². The molecule has 0 aliphatic heterocycles. The van der Waals surface area contributed by atoms with Crippen molar-refractivity contribution in [3.05, 3.63) is 92.9 Å². The molecular weight excluding hydrogens is 359 g/mol. The molecule has 0 saturated carbocycles. The Morgan fingerprint density at radius 3 is 2.73 bits per heavy atom. The maximum Gasteiger partial charge on any atom is 0.199 e. The number of aromatic nitrogens is 2. The first kappa shape index (κ1) is 17.8. The first-order valence-electron chi connectivity index (χ1n) is 7.76. The van der Waals surface area contributed by atoms with Crippen LogP contribution in [0, 0.1) is 17.9 Å². The molecule has 0 bridgehead atoms. The highest BCUT2D eigenvalue weighted by Crippen LogP contribution is 2.23. The van der Waals surface area contributed by atoms with E-state index in [1.807, 2.05) is 0 Å². The van der Waals surface area contributed by atoms with Crippen LogP contribution in [0.3, 0.4) is 0 Å². The van der Waals surface area contributed by atoms with E-state index in [4.69, 9.17) is 11.6 Å². The molecule has 0 unspecified atom stereocenters. The van der Waals surface area contributed by atoms with Crippen molar-refractivity contribution >= 4 is 23.2 Å². The summed E-state index contributed by atoms with van der Waals surface area (Å²) in [6, 6.07) is 8.64. The molecule has 7 heteroatoms. The summed E-state index contributed by atoms with van der Waals surface area (Å²) in [6.45, 7) is 1.66. The van der Waals surface area contributed by atoms with Gasteiger partial charge in [0.1, 0.15) is 5.82 Å². The number of H-pyrrole nitrogens is 1. The maximum absolute atomic E-state index is 13.9. The molecular formula is C19H14ClFN2O3. The Bertz CT molecular complexity index is 994. The lowest BCUT2D eigenvalue weighted by atomic mass is 10.0. The van der Waals surface area contributed by atoms with Crippen LogP contribution in [0.1, 0.15) is 37.7 Å². The van der Waals surface area contributed by atoms with Crippen LogP contribution in [-0.4, -0.2) is 16.6 Å². The average molecular weight is 373 g/mol. The molecule has 2 aromatic heterocycles. The highest BCUT2D eigenvalue weighted by Gasteiger charge is 2.20. The molecule has 26 heavy (non-hydrogen) atoms. The standard InChI is InChI=1S/C19H14ClFN2O3/c1-11-5-6-12(10-23(11)26)7-17(24)16-8-13(9-22-16)19(25)18-14(20)3-2-4-15(18)21/h2-6,8-10,22H,7H2,1H3. The Morgan fingerprint density at radius 1 is 1.27 bits per heavy atom. The van der Waals surface area contributed by atoms with Crippen LogP contribution in [0.25, 0.3) is 0 Å². The number of aromatic amines is 1. The molecule has 5 nitrogen and oxygen atoms in total. The zero-order valence-corrected chi connectivity index (χ0v) is 14.5. The molecule has 3 rings (SSSR count). The van der Waals surface area contributed by atoms with Crippen molar-refractivity contribution in [2.24, 2.45) is 0 Å². The second kappa shape index (κ2) is 7.09. The number of carbonyl (C=O) groups is 2. The Labute approximate surface area is 153 Å². The molecule has 0 aliphatic rings. The van der Waals surface area contributed by atoms with Gasteiger partial charge in [-0.25, -0.2) is 4.39 Å². The number of Topliss-reactive ketones (excluding diaryl/α,β-unsaturated/α-hetero) is 1. The minimum absolute atomic E-state index is 0.00286. The van der Waals surface area contributed by atoms with Gasteiger partial charge in [0.25, 0.3) is 0 Å². The number of halogens is 2. The average Bonchev–Trinajstić information content (AvgIpc) is 3.08. The fourth-order valence-corrected chi connectivity index (χ4v) is 2.78. The Kier molecular flexibility index (Phi) is 4.86. The number of aryl methyl sites for hydroxylation is 1. The van der Waals surface area contributed by atoms with E-state index in [1.165, 1.54) is 30.6 Å². The monoisotopic (exact) mass is 372 g/mol. The lowest BCUT2D eigenvalue weighted by Gasteiger charge is -2.03. The SMILES string of the molecule is Cc1ccc(CC(=O)c2cc(C(=O)c3c(F)cccc3Cl)c[nH]2)c[n+]1[O-]. The molecule has 3 aromatic rings. The molecule has 132 valence electrons. The zero-order valence-electron chi connectivity index (χ0n) is 13.8. The summed E-state index contributed by atoms with van der Waals surface area (Å²) in [7, 11) is 0. The van der Waals surface area contributed by atoms with E-state index < -0.39 is 11.6 Å². The number of nitrogens with zero attached hydrogens (tertiary/aromatic N) is 1. The summed E-state index contributed by atoms with van der Waals surface area (Å²) in [6.07, 6.45) is 2.67. The van der Waals surface area contributed by atoms with Crippen LogP contribution in [0.15, 0.2) is 48.8 Å². The van der Waals surface area contributed by atoms with E-state index >= 15 is 0 Å². The van der Waals surface area contributed by atoms with Crippen molar-refractivity contribution in [3.63, 3.8) is 0 Å². The number of hydrogen-bond acceptors (Lipinski definition) is 3. The number of carbonyl (C=O) groups excluding carboxylic acids is 2. The van der Waals surface area contributed by atoms with Crippen molar-refractivity contribution in [2.45, 2.75) is 13.3 Å². The van der Waals surface area contributed by atoms with Gasteiger partial charge in [-0.15, -0.1) is 0 Å². The predicted molar refractivity (Wildman–Crippen MR) is 93.8 cm³/mol. The minimum Gasteiger partial charge on any atom is -0.619 e. The summed E-state index contributed by atoms with van der Waals surface area (Å²) in [5.74, 6) is -1.64. The van der Waals surface area contributed by atoms with Gasteiger partial charge in [-0.05, 0) is 24.3 Å². The smallest absolute Gasteiger partial charge is 0.199 e. The summed E-state index contributed by atoms with van der Waals surface area (Å²) >= 11 is 5.91. The molecule has 0 amide bonds. The fraction of sp³-hybridized carbons (Fsp3) is 0.105. The molecule has 0 radical (unpaired) electrons.